The average molecular weight is 454 g/mol. The highest BCUT2D eigenvalue weighted by Crippen LogP contribution is 2.25. The van der Waals surface area contributed by atoms with Gasteiger partial charge in [-0.2, -0.15) is 10.2 Å². The molecule has 0 bridgehead atoms. The van der Waals surface area contributed by atoms with E-state index >= 15 is 0 Å². The number of carbonyl (C=O) groups is 2. The number of aliphatic hydroxyl groups is 2. The first-order chi connectivity index (χ1) is 16.4. The van der Waals surface area contributed by atoms with Gasteiger partial charge in [0, 0.05) is 25.0 Å². The third kappa shape index (κ3) is 6.17. The third-order valence-electron chi connectivity index (χ3n) is 4.57. The lowest BCUT2D eigenvalue weighted by atomic mass is 10.1. The van der Waals surface area contributed by atoms with Crippen LogP contribution in [0.5, 0.6) is 0 Å². The van der Waals surface area contributed by atoms with Gasteiger partial charge in [0.15, 0.2) is 34.5 Å². The summed E-state index contributed by atoms with van der Waals surface area (Å²) in [5.74, 6) is -1.46. The molecule has 0 saturated heterocycles. The van der Waals surface area contributed by atoms with Crippen LogP contribution in [0.3, 0.4) is 0 Å². The van der Waals surface area contributed by atoms with Gasteiger partial charge in [-0.3, -0.25) is 9.59 Å². The minimum Gasteiger partial charge on any atom is -0.505 e. The molecule has 3 rings (SSSR count). The van der Waals surface area contributed by atoms with E-state index in [2.05, 4.69) is 20.5 Å². The number of Topliss-reactive ketones (excluding diaryl/α,β-unsaturated/α-hetero) is 2. The minimum atomic E-state index is -0.450. The second-order valence-corrected chi connectivity index (χ2v) is 7.16. The molecule has 0 aliphatic carbocycles. The number of aliphatic hydroxyl groups excluding tert-OH is 2. The lowest BCUT2D eigenvalue weighted by molar-refractivity contribution is -0.114. The van der Waals surface area contributed by atoms with Gasteiger partial charge in [-0.25, -0.2) is 0 Å². The highest BCUT2D eigenvalue weighted by molar-refractivity contribution is 5.99. The van der Waals surface area contributed by atoms with Crippen molar-refractivity contribution < 1.29 is 19.8 Å². The second-order valence-electron chi connectivity index (χ2n) is 7.16. The maximum Gasteiger partial charge on any atom is 0.183 e. The van der Waals surface area contributed by atoms with Crippen LogP contribution in [0.15, 0.2) is 117 Å². The summed E-state index contributed by atoms with van der Waals surface area (Å²) in [6, 6.07) is 23.5. The van der Waals surface area contributed by atoms with Crippen molar-refractivity contribution in [2.24, 2.45) is 20.5 Å². The molecule has 0 aliphatic rings. The molecule has 8 nitrogen and oxygen atoms in total. The number of allylic oxidation sites excluding steroid dienone is 2. The van der Waals surface area contributed by atoms with Crippen LogP contribution < -0.4 is 0 Å². The van der Waals surface area contributed by atoms with Crippen molar-refractivity contribution in [2.75, 3.05) is 0 Å². The Labute approximate surface area is 196 Å². The average Bonchev–Trinajstić information content (AvgIpc) is 2.85. The first-order valence-corrected chi connectivity index (χ1v) is 10.3. The first kappa shape index (κ1) is 23.9. The van der Waals surface area contributed by atoms with Crippen molar-refractivity contribution in [3.8, 4) is 0 Å². The Bertz CT molecular complexity index is 1210. The molecule has 0 unspecified atom stereocenters. The Balaban J connectivity index is 1.89. The number of hydrogen-bond donors (Lipinski definition) is 2. The molecule has 0 spiro atoms. The Kier molecular flexibility index (Phi) is 7.91. The molecule has 0 fully saturated rings. The van der Waals surface area contributed by atoms with E-state index in [9.17, 15) is 19.8 Å². The van der Waals surface area contributed by atoms with Crippen LogP contribution in [0.2, 0.25) is 0 Å². The van der Waals surface area contributed by atoms with Crippen molar-refractivity contribution in [3.63, 3.8) is 0 Å². The molecule has 0 atom stereocenters. The molecule has 170 valence electrons. The zero-order valence-corrected chi connectivity index (χ0v) is 18.6. The molecule has 0 heterocycles. The summed E-state index contributed by atoms with van der Waals surface area (Å²) in [7, 11) is 0. The summed E-state index contributed by atoms with van der Waals surface area (Å²) in [6.07, 6.45) is 0. The maximum absolute atomic E-state index is 12.0. The van der Waals surface area contributed by atoms with E-state index in [4.69, 9.17) is 0 Å². The van der Waals surface area contributed by atoms with E-state index in [1.807, 2.05) is 0 Å². The van der Waals surface area contributed by atoms with Gasteiger partial charge in [-0.1, -0.05) is 66.7 Å². The summed E-state index contributed by atoms with van der Waals surface area (Å²) in [5, 5.41) is 36.8. The van der Waals surface area contributed by atoms with E-state index < -0.39 is 11.6 Å². The standard InChI is InChI=1S/C26H22N4O4/c1-17(31)23(25(33)19-10-5-3-6-11-19)29-27-21-14-9-15-22(16-21)28-30-24(18(2)32)26(34)20-12-7-4-8-13-20/h3-16,33-34H,1-2H3/b25-23-,26-24-,29-27?,30-28?. The molecule has 0 aromatic heterocycles. The fourth-order valence-corrected chi connectivity index (χ4v) is 2.87. The summed E-state index contributed by atoms with van der Waals surface area (Å²) in [5.41, 5.74) is 1.20. The van der Waals surface area contributed by atoms with Gasteiger partial charge in [-0.15, -0.1) is 10.2 Å². The van der Waals surface area contributed by atoms with Crippen molar-refractivity contribution in [1.29, 1.82) is 0 Å². The number of carbonyl (C=O) groups excluding carboxylic acids is 2. The molecule has 2 N–H and O–H groups in total. The van der Waals surface area contributed by atoms with Gasteiger partial charge in [0.1, 0.15) is 0 Å². The zero-order chi connectivity index (χ0) is 24.5. The van der Waals surface area contributed by atoms with E-state index in [-0.39, 0.29) is 22.9 Å². The summed E-state index contributed by atoms with van der Waals surface area (Å²) < 4.78 is 0. The van der Waals surface area contributed by atoms with Crippen LogP contribution in [-0.2, 0) is 9.59 Å². The summed E-state index contributed by atoms with van der Waals surface area (Å²) in [4.78, 5) is 24.0. The van der Waals surface area contributed by atoms with Crippen molar-refractivity contribution >= 4 is 34.5 Å². The lowest BCUT2D eigenvalue weighted by Gasteiger charge is -2.04. The van der Waals surface area contributed by atoms with Gasteiger partial charge in [-0.05, 0) is 18.2 Å². The predicted molar refractivity (Wildman–Crippen MR) is 129 cm³/mol. The molecular weight excluding hydrogens is 432 g/mol. The number of rotatable bonds is 8. The fraction of sp³-hybridized carbons (Fsp3) is 0.0769. The minimum absolute atomic E-state index is 0.187. The fourth-order valence-electron chi connectivity index (χ4n) is 2.87. The van der Waals surface area contributed by atoms with Crippen molar-refractivity contribution in [3.05, 3.63) is 107 Å². The molecule has 3 aromatic rings. The number of ketones is 2. The summed E-state index contributed by atoms with van der Waals surface area (Å²) >= 11 is 0. The largest absolute Gasteiger partial charge is 0.505 e. The SMILES string of the molecule is CC(=O)/C(N=Nc1cccc(N=N/C(C(C)=O)=C(\O)c2ccccc2)c1)=C(/O)c1ccccc1. The number of benzene rings is 3. The quantitative estimate of drug-likeness (QED) is 0.218. The number of hydrogen-bond acceptors (Lipinski definition) is 8. The topological polar surface area (TPSA) is 124 Å². The molecule has 0 amide bonds. The molecular formula is C26H22N4O4. The van der Waals surface area contributed by atoms with E-state index in [1.165, 1.54) is 19.9 Å². The highest BCUT2D eigenvalue weighted by atomic mass is 16.3. The Morgan fingerprint density at radius 1 is 0.588 bits per heavy atom. The maximum atomic E-state index is 12.0. The number of nitrogens with zero attached hydrogens (tertiary/aromatic N) is 4. The van der Waals surface area contributed by atoms with Crippen LogP contribution in [0.1, 0.15) is 25.0 Å². The lowest BCUT2D eigenvalue weighted by Crippen LogP contribution is -1.98. The Hall–Kier alpha value is -4.72. The molecule has 0 saturated carbocycles. The van der Waals surface area contributed by atoms with E-state index in [1.54, 1.807) is 78.9 Å². The van der Waals surface area contributed by atoms with Crippen LogP contribution in [-0.4, -0.2) is 21.8 Å². The highest BCUT2D eigenvalue weighted by Gasteiger charge is 2.14. The van der Waals surface area contributed by atoms with Gasteiger partial charge in [0.2, 0.25) is 0 Å². The van der Waals surface area contributed by atoms with Gasteiger partial charge in [0.05, 0.1) is 11.4 Å². The van der Waals surface area contributed by atoms with Crippen LogP contribution in [0, 0.1) is 0 Å². The number of azo groups is 2. The van der Waals surface area contributed by atoms with E-state index in [0.717, 1.165) is 0 Å². The zero-order valence-electron chi connectivity index (χ0n) is 18.6. The predicted octanol–water partition coefficient (Wildman–Crippen LogP) is 6.89. The van der Waals surface area contributed by atoms with Crippen LogP contribution in [0.25, 0.3) is 11.5 Å². The normalized spacial score (nSPS) is 13.0. The first-order valence-electron chi connectivity index (χ1n) is 10.3. The van der Waals surface area contributed by atoms with Crippen LogP contribution >= 0.6 is 0 Å². The second kappa shape index (κ2) is 11.2. The summed E-state index contributed by atoms with van der Waals surface area (Å²) in [6.45, 7) is 2.57. The molecule has 0 radical (unpaired) electrons. The molecule has 0 aliphatic heterocycles. The third-order valence-corrected chi connectivity index (χ3v) is 4.57. The van der Waals surface area contributed by atoms with Crippen molar-refractivity contribution in [2.45, 2.75) is 13.8 Å². The van der Waals surface area contributed by atoms with Gasteiger partial charge >= 0.3 is 0 Å². The van der Waals surface area contributed by atoms with Gasteiger partial charge in [0.25, 0.3) is 0 Å². The Morgan fingerprint density at radius 3 is 1.32 bits per heavy atom. The molecule has 8 heteroatoms. The van der Waals surface area contributed by atoms with E-state index in [0.29, 0.717) is 22.5 Å². The Morgan fingerprint density at radius 2 is 0.971 bits per heavy atom. The van der Waals surface area contributed by atoms with Gasteiger partial charge < -0.3 is 10.2 Å². The smallest absolute Gasteiger partial charge is 0.183 e. The monoisotopic (exact) mass is 454 g/mol. The van der Waals surface area contributed by atoms with Crippen molar-refractivity contribution in [1.82, 2.24) is 0 Å². The van der Waals surface area contributed by atoms with Crippen LogP contribution in [0.4, 0.5) is 11.4 Å². The molecule has 3 aromatic carbocycles. The molecule has 34 heavy (non-hydrogen) atoms.